The van der Waals surface area contributed by atoms with Crippen molar-refractivity contribution in [3.05, 3.63) is 70.8 Å². The van der Waals surface area contributed by atoms with Gasteiger partial charge in [0.25, 0.3) is 5.56 Å². The van der Waals surface area contributed by atoms with Crippen molar-refractivity contribution in [1.82, 2.24) is 9.66 Å². The quantitative estimate of drug-likeness (QED) is 0.720. The Morgan fingerprint density at radius 2 is 1.85 bits per heavy atom. The maximum atomic E-state index is 12.2. The highest BCUT2D eigenvalue weighted by atomic mass is 16.3. The third kappa shape index (κ3) is 2.16. The van der Waals surface area contributed by atoms with E-state index in [0.29, 0.717) is 16.5 Å². The van der Waals surface area contributed by atoms with Gasteiger partial charge < -0.3 is 5.11 Å². The average Bonchev–Trinajstić information content (AvgIpc) is 2.48. The molecule has 3 rings (SSSR count). The first-order chi connectivity index (χ1) is 9.75. The van der Waals surface area contributed by atoms with Gasteiger partial charge in [-0.15, -0.1) is 0 Å². The maximum Gasteiger partial charge on any atom is 0.281 e. The number of rotatable bonds is 2. The zero-order valence-corrected chi connectivity index (χ0v) is 10.5. The lowest BCUT2D eigenvalue weighted by Crippen LogP contribution is -2.16. The van der Waals surface area contributed by atoms with E-state index >= 15 is 0 Å². The molecule has 5 heteroatoms. The molecule has 0 aliphatic heterocycles. The maximum absolute atomic E-state index is 12.2. The molecule has 0 unspecified atom stereocenters. The van der Waals surface area contributed by atoms with Gasteiger partial charge in [-0.3, -0.25) is 4.79 Å². The predicted molar refractivity (Wildman–Crippen MR) is 77.1 cm³/mol. The van der Waals surface area contributed by atoms with E-state index in [1.807, 2.05) is 6.07 Å². The van der Waals surface area contributed by atoms with Crippen LogP contribution in [0.3, 0.4) is 0 Å². The van der Waals surface area contributed by atoms with Gasteiger partial charge in [0.2, 0.25) is 0 Å². The normalized spacial score (nSPS) is 11.2. The lowest BCUT2D eigenvalue weighted by Gasteiger charge is -2.01. The summed E-state index contributed by atoms with van der Waals surface area (Å²) in [5.74, 6) is 0.109. The Bertz CT molecular complexity index is 853. The summed E-state index contributed by atoms with van der Waals surface area (Å²) in [4.78, 5) is 16.3. The van der Waals surface area contributed by atoms with Crippen molar-refractivity contribution in [3.8, 4) is 5.75 Å². The second-order valence-electron chi connectivity index (χ2n) is 4.21. The van der Waals surface area contributed by atoms with Crippen LogP contribution in [0.4, 0.5) is 0 Å². The fourth-order valence-corrected chi connectivity index (χ4v) is 1.86. The molecule has 0 saturated heterocycles. The highest BCUT2D eigenvalue weighted by Crippen LogP contribution is 2.12. The Hall–Kier alpha value is -2.95. The third-order valence-electron chi connectivity index (χ3n) is 2.91. The van der Waals surface area contributed by atoms with Crippen LogP contribution < -0.4 is 5.56 Å². The molecule has 1 N–H and O–H groups in total. The zero-order valence-electron chi connectivity index (χ0n) is 10.5. The van der Waals surface area contributed by atoms with Crippen molar-refractivity contribution < 1.29 is 5.11 Å². The van der Waals surface area contributed by atoms with Crippen LogP contribution in [0.1, 0.15) is 5.56 Å². The van der Waals surface area contributed by atoms with Crippen LogP contribution >= 0.6 is 0 Å². The molecule has 0 saturated carbocycles. The van der Waals surface area contributed by atoms with Crippen molar-refractivity contribution in [2.75, 3.05) is 0 Å². The molecule has 2 aromatic carbocycles. The molecule has 0 aliphatic carbocycles. The molecule has 20 heavy (non-hydrogen) atoms. The lowest BCUT2D eigenvalue weighted by atomic mass is 10.2. The van der Waals surface area contributed by atoms with E-state index in [9.17, 15) is 9.90 Å². The number of phenolic OH excluding ortho intramolecular Hbond substituents is 1. The number of benzene rings is 2. The number of para-hydroxylation sites is 2. The molecule has 0 amide bonds. The molecule has 0 fully saturated rings. The van der Waals surface area contributed by atoms with Gasteiger partial charge in [0.05, 0.1) is 17.1 Å². The molecule has 0 radical (unpaired) electrons. The Morgan fingerprint density at radius 3 is 2.70 bits per heavy atom. The van der Waals surface area contributed by atoms with E-state index in [4.69, 9.17) is 0 Å². The highest BCUT2D eigenvalue weighted by Gasteiger charge is 2.02. The number of aromatic hydroxyl groups is 1. The van der Waals surface area contributed by atoms with E-state index in [0.717, 1.165) is 4.68 Å². The Balaban J connectivity index is 2.06. The second kappa shape index (κ2) is 4.97. The number of fused-ring (bicyclic) bond motifs is 1. The monoisotopic (exact) mass is 265 g/mol. The largest absolute Gasteiger partial charge is 0.507 e. The molecule has 1 heterocycles. The molecule has 5 nitrogen and oxygen atoms in total. The van der Waals surface area contributed by atoms with Crippen molar-refractivity contribution in [2.24, 2.45) is 5.10 Å². The van der Waals surface area contributed by atoms with E-state index in [1.165, 1.54) is 12.5 Å². The van der Waals surface area contributed by atoms with Crippen LogP contribution in [0, 0.1) is 0 Å². The molecular weight excluding hydrogens is 254 g/mol. The minimum Gasteiger partial charge on any atom is -0.507 e. The molecule has 0 spiro atoms. The van der Waals surface area contributed by atoms with Crippen LogP contribution in [-0.4, -0.2) is 21.0 Å². The summed E-state index contributed by atoms with van der Waals surface area (Å²) in [6.45, 7) is 0. The van der Waals surface area contributed by atoms with Gasteiger partial charge in [-0.25, -0.2) is 4.98 Å². The topological polar surface area (TPSA) is 67.5 Å². The van der Waals surface area contributed by atoms with Crippen LogP contribution in [0.25, 0.3) is 10.9 Å². The molecule has 0 atom stereocenters. The summed E-state index contributed by atoms with van der Waals surface area (Å²) in [5.41, 5.74) is 0.918. The van der Waals surface area contributed by atoms with Gasteiger partial charge in [-0.1, -0.05) is 24.3 Å². The van der Waals surface area contributed by atoms with Crippen LogP contribution in [0.15, 0.2) is 64.8 Å². The van der Waals surface area contributed by atoms with E-state index in [1.54, 1.807) is 42.5 Å². The number of hydrogen-bond acceptors (Lipinski definition) is 4. The van der Waals surface area contributed by atoms with Gasteiger partial charge in [0.1, 0.15) is 12.1 Å². The second-order valence-corrected chi connectivity index (χ2v) is 4.21. The summed E-state index contributed by atoms with van der Waals surface area (Å²) in [6, 6.07) is 13.8. The Kier molecular flexibility index (Phi) is 3.01. The molecule has 0 bridgehead atoms. The number of hydrogen-bond donors (Lipinski definition) is 1. The van der Waals surface area contributed by atoms with Gasteiger partial charge >= 0.3 is 0 Å². The minimum absolute atomic E-state index is 0.109. The van der Waals surface area contributed by atoms with Crippen molar-refractivity contribution in [2.45, 2.75) is 0 Å². The van der Waals surface area contributed by atoms with Gasteiger partial charge in [-0.2, -0.15) is 9.78 Å². The third-order valence-corrected chi connectivity index (χ3v) is 2.91. The van der Waals surface area contributed by atoms with Crippen molar-refractivity contribution in [1.29, 1.82) is 0 Å². The molecular formula is C15H11N3O2. The molecule has 3 aromatic rings. The first kappa shape index (κ1) is 12.1. The zero-order chi connectivity index (χ0) is 13.9. The molecule has 1 aromatic heterocycles. The van der Waals surface area contributed by atoms with E-state index in [-0.39, 0.29) is 11.3 Å². The van der Waals surface area contributed by atoms with E-state index in [2.05, 4.69) is 10.1 Å². The summed E-state index contributed by atoms with van der Waals surface area (Å²) >= 11 is 0. The van der Waals surface area contributed by atoms with E-state index < -0.39 is 0 Å². The SMILES string of the molecule is O=c1c2ccccc2ncn1/N=C\c1ccccc1O. The number of aromatic nitrogens is 2. The number of nitrogens with zero attached hydrogens (tertiary/aromatic N) is 3. The van der Waals surface area contributed by atoms with Gasteiger partial charge in [-0.05, 0) is 24.3 Å². The fraction of sp³-hybridized carbons (Fsp3) is 0. The predicted octanol–water partition coefficient (Wildman–Crippen LogP) is 1.98. The van der Waals surface area contributed by atoms with Crippen LogP contribution in [0.2, 0.25) is 0 Å². The standard InChI is InChI=1S/C15H11N3O2/c19-14-8-4-1-5-11(14)9-17-18-10-16-13-7-3-2-6-12(13)15(18)20/h1-10,19H/b17-9-. The van der Waals surface area contributed by atoms with Crippen molar-refractivity contribution >= 4 is 17.1 Å². The number of phenols is 1. The summed E-state index contributed by atoms with van der Waals surface area (Å²) in [6.07, 6.45) is 2.79. The Labute approximate surface area is 114 Å². The van der Waals surface area contributed by atoms with Gasteiger partial charge in [0, 0.05) is 5.56 Å². The summed E-state index contributed by atoms with van der Waals surface area (Å²) in [5, 5.41) is 14.2. The van der Waals surface area contributed by atoms with Crippen LogP contribution in [0.5, 0.6) is 5.75 Å². The fourth-order valence-electron chi connectivity index (χ4n) is 1.86. The van der Waals surface area contributed by atoms with Gasteiger partial charge in [0.15, 0.2) is 0 Å². The Morgan fingerprint density at radius 1 is 1.10 bits per heavy atom. The van der Waals surface area contributed by atoms with Crippen molar-refractivity contribution in [3.63, 3.8) is 0 Å². The smallest absolute Gasteiger partial charge is 0.281 e. The summed E-state index contributed by atoms with van der Waals surface area (Å²) in [7, 11) is 0. The lowest BCUT2D eigenvalue weighted by molar-refractivity contribution is 0.474. The molecule has 98 valence electrons. The minimum atomic E-state index is -0.248. The molecule has 0 aliphatic rings. The first-order valence-electron chi connectivity index (χ1n) is 6.04. The highest BCUT2D eigenvalue weighted by molar-refractivity contribution is 5.83. The average molecular weight is 265 g/mol. The van der Waals surface area contributed by atoms with Crippen LogP contribution in [-0.2, 0) is 0 Å². The first-order valence-corrected chi connectivity index (χ1v) is 6.04. The summed E-state index contributed by atoms with van der Waals surface area (Å²) < 4.78 is 1.15.